The van der Waals surface area contributed by atoms with Crippen molar-refractivity contribution in [1.29, 1.82) is 0 Å². The van der Waals surface area contributed by atoms with Crippen molar-refractivity contribution < 1.29 is 4.39 Å². The zero-order valence-corrected chi connectivity index (χ0v) is 13.5. The number of hydrogen-bond donors (Lipinski definition) is 1. The zero-order chi connectivity index (χ0) is 15.1. The minimum Gasteiger partial charge on any atom is -0.313 e. The van der Waals surface area contributed by atoms with E-state index in [4.69, 9.17) is 0 Å². The summed E-state index contributed by atoms with van der Waals surface area (Å²) in [5.74, 6) is 0.752. The lowest BCUT2D eigenvalue weighted by atomic mass is 10.1. The molecule has 3 heteroatoms. The molecule has 0 spiro atoms. The molecule has 0 bridgehead atoms. The predicted octanol–water partition coefficient (Wildman–Crippen LogP) is 4.93. The molecule has 0 radical (unpaired) electrons. The summed E-state index contributed by atoms with van der Waals surface area (Å²) in [7, 11) is 0. The van der Waals surface area contributed by atoms with Gasteiger partial charge in [0.1, 0.15) is 5.82 Å². The highest BCUT2D eigenvalue weighted by Crippen LogP contribution is 2.28. The van der Waals surface area contributed by atoms with Gasteiger partial charge >= 0.3 is 0 Å². The number of thioether (sulfide) groups is 1. The minimum absolute atomic E-state index is 0.163. The van der Waals surface area contributed by atoms with Gasteiger partial charge < -0.3 is 5.32 Å². The highest BCUT2D eigenvalue weighted by Gasteiger charge is 2.06. The van der Waals surface area contributed by atoms with Gasteiger partial charge in [0.2, 0.25) is 0 Å². The lowest BCUT2D eigenvalue weighted by Crippen LogP contribution is -2.14. The summed E-state index contributed by atoms with van der Waals surface area (Å²) in [5.41, 5.74) is 3.68. The molecule has 21 heavy (non-hydrogen) atoms. The largest absolute Gasteiger partial charge is 0.313 e. The molecule has 2 aromatic carbocycles. The number of rotatable bonds is 7. The standard InChI is InChI=1S/C18H22FNS/c1-3-10-20-12-16-11-17(19)8-9-18(16)21-13-15-7-5-4-6-14(15)2/h4-9,11,20H,3,10,12-13H2,1-2H3. The summed E-state index contributed by atoms with van der Waals surface area (Å²) in [6, 6.07) is 13.5. The van der Waals surface area contributed by atoms with E-state index in [0.717, 1.165) is 35.7 Å². The number of benzene rings is 2. The molecule has 1 nitrogen and oxygen atoms in total. The summed E-state index contributed by atoms with van der Waals surface area (Å²) in [6.07, 6.45) is 1.08. The summed E-state index contributed by atoms with van der Waals surface area (Å²) < 4.78 is 13.4. The quantitative estimate of drug-likeness (QED) is 0.575. The monoisotopic (exact) mass is 303 g/mol. The highest BCUT2D eigenvalue weighted by molar-refractivity contribution is 7.98. The second-order valence-corrected chi connectivity index (χ2v) is 6.16. The van der Waals surface area contributed by atoms with E-state index in [2.05, 4.69) is 43.4 Å². The van der Waals surface area contributed by atoms with Crippen molar-refractivity contribution in [2.75, 3.05) is 6.54 Å². The van der Waals surface area contributed by atoms with E-state index >= 15 is 0 Å². The summed E-state index contributed by atoms with van der Waals surface area (Å²) in [5, 5.41) is 3.35. The lowest BCUT2D eigenvalue weighted by Gasteiger charge is -2.11. The van der Waals surface area contributed by atoms with E-state index in [0.29, 0.717) is 0 Å². The molecule has 2 rings (SSSR count). The molecule has 2 aromatic rings. The summed E-state index contributed by atoms with van der Waals surface area (Å²) in [4.78, 5) is 1.16. The fraction of sp³-hybridized carbons (Fsp3) is 0.333. The Bertz CT molecular complexity index is 583. The maximum absolute atomic E-state index is 13.4. The third kappa shape index (κ3) is 4.87. The maximum atomic E-state index is 13.4. The first kappa shape index (κ1) is 16.1. The van der Waals surface area contributed by atoms with E-state index in [1.54, 1.807) is 23.9 Å². The van der Waals surface area contributed by atoms with Crippen molar-refractivity contribution in [2.45, 2.75) is 37.5 Å². The third-order valence-corrected chi connectivity index (χ3v) is 4.57. The first-order chi connectivity index (χ1) is 10.2. The first-order valence-electron chi connectivity index (χ1n) is 7.37. The molecule has 0 saturated heterocycles. The molecule has 0 aliphatic rings. The van der Waals surface area contributed by atoms with Crippen LogP contribution in [0.5, 0.6) is 0 Å². The van der Waals surface area contributed by atoms with E-state index in [-0.39, 0.29) is 5.82 Å². The molecule has 0 heterocycles. The number of nitrogens with one attached hydrogen (secondary N) is 1. The van der Waals surface area contributed by atoms with Gasteiger partial charge in [-0.3, -0.25) is 0 Å². The molecule has 0 aromatic heterocycles. The van der Waals surface area contributed by atoms with Crippen LogP contribution in [0, 0.1) is 12.7 Å². The molecular formula is C18H22FNS. The van der Waals surface area contributed by atoms with Gasteiger partial charge in [-0.2, -0.15) is 0 Å². The van der Waals surface area contributed by atoms with Crippen molar-refractivity contribution in [2.24, 2.45) is 0 Å². The van der Waals surface area contributed by atoms with E-state index in [1.807, 2.05) is 6.07 Å². The number of aryl methyl sites for hydroxylation is 1. The molecule has 112 valence electrons. The van der Waals surface area contributed by atoms with Crippen LogP contribution < -0.4 is 5.32 Å². The third-order valence-electron chi connectivity index (χ3n) is 3.41. The van der Waals surface area contributed by atoms with Gasteiger partial charge in [0.15, 0.2) is 0 Å². The Kier molecular flexibility index (Phi) is 6.27. The van der Waals surface area contributed by atoms with Crippen LogP contribution in [0.15, 0.2) is 47.4 Å². The molecule has 0 aliphatic carbocycles. The second-order valence-electron chi connectivity index (χ2n) is 5.14. The fourth-order valence-corrected chi connectivity index (χ4v) is 3.27. The first-order valence-corrected chi connectivity index (χ1v) is 8.35. The Hall–Kier alpha value is -1.32. The van der Waals surface area contributed by atoms with Crippen molar-refractivity contribution in [3.05, 3.63) is 65.0 Å². The fourth-order valence-electron chi connectivity index (χ4n) is 2.15. The molecule has 0 fully saturated rings. The normalized spacial score (nSPS) is 10.8. The summed E-state index contributed by atoms with van der Waals surface area (Å²) in [6.45, 7) is 5.94. The van der Waals surface area contributed by atoms with Gasteiger partial charge in [0.25, 0.3) is 0 Å². The molecule has 0 unspecified atom stereocenters. The molecule has 0 atom stereocenters. The van der Waals surface area contributed by atoms with E-state index < -0.39 is 0 Å². The SMILES string of the molecule is CCCNCc1cc(F)ccc1SCc1ccccc1C. The average molecular weight is 303 g/mol. The van der Waals surface area contributed by atoms with Crippen LogP contribution in [0.25, 0.3) is 0 Å². The van der Waals surface area contributed by atoms with Gasteiger partial charge in [-0.25, -0.2) is 4.39 Å². The summed E-state index contributed by atoms with van der Waals surface area (Å²) >= 11 is 1.77. The van der Waals surface area contributed by atoms with Crippen LogP contribution in [0.1, 0.15) is 30.0 Å². The van der Waals surface area contributed by atoms with Gasteiger partial charge in [-0.1, -0.05) is 31.2 Å². The van der Waals surface area contributed by atoms with E-state index in [1.165, 1.54) is 11.1 Å². The Morgan fingerprint density at radius 2 is 1.90 bits per heavy atom. The van der Waals surface area contributed by atoms with Crippen molar-refractivity contribution >= 4 is 11.8 Å². The topological polar surface area (TPSA) is 12.0 Å². The molecule has 1 N–H and O–H groups in total. The average Bonchev–Trinajstić information content (AvgIpc) is 2.48. The van der Waals surface area contributed by atoms with Gasteiger partial charge in [-0.15, -0.1) is 11.8 Å². The van der Waals surface area contributed by atoms with Crippen LogP contribution >= 0.6 is 11.8 Å². The molecule has 0 saturated carbocycles. The van der Waals surface area contributed by atoms with Crippen LogP contribution in [-0.4, -0.2) is 6.54 Å². The van der Waals surface area contributed by atoms with Crippen molar-refractivity contribution in [1.82, 2.24) is 5.32 Å². The molecule has 0 aliphatic heterocycles. The van der Waals surface area contributed by atoms with Crippen LogP contribution in [-0.2, 0) is 12.3 Å². The zero-order valence-electron chi connectivity index (χ0n) is 12.7. The van der Waals surface area contributed by atoms with Crippen molar-refractivity contribution in [3.8, 4) is 0 Å². The van der Waals surface area contributed by atoms with Crippen LogP contribution in [0.4, 0.5) is 4.39 Å². The van der Waals surface area contributed by atoms with Gasteiger partial charge in [-0.05, 0) is 54.8 Å². The van der Waals surface area contributed by atoms with Gasteiger partial charge in [0.05, 0.1) is 0 Å². The van der Waals surface area contributed by atoms with Crippen LogP contribution in [0.2, 0.25) is 0 Å². The smallest absolute Gasteiger partial charge is 0.123 e. The minimum atomic E-state index is -0.163. The molecule has 0 amide bonds. The molecular weight excluding hydrogens is 281 g/mol. The Morgan fingerprint density at radius 1 is 1.10 bits per heavy atom. The van der Waals surface area contributed by atoms with Crippen LogP contribution in [0.3, 0.4) is 0 Å². The predicted molar refractivity (Wildman–Crippen MR) is 89.1 cm³/mol. The van der Waals surface area contributed by atoms with Crippen molar-refractivity contribution in [3.63, 3.8) is 0 Å². The lowest BCUT2D eigenvalue weighted by molar-refractivity contribution is 0.615. The number of hydrogen-bond acceptors (Lipinski definition) is 2. The maximum Gasteiger partial charge on any atom is 0.123 e. The Balaban J connectivity index is 2.06. The van der Waals surface area contributed by atoms with E-state index in [9.17, 15) is 4.39 Å². The number of halogens is 1. The Morgan fingerprint density at radius 3 is 2.67 bits per heavy atom. The Labute approximate surface area is 131 Å². The second kappa shape index (κ2) is 8.20. The highest BCUT2D eigenvalue weighted by atomic mass is 32.2. The van der Waals surface area contributed by atoms with Gasteiger partial charge in [0, 0.05) is 17.2 Å².